The van der Waals surface area contributed by atoms with Crippen LogP contribution in [0, 0.1) is 52.8 Å². The van der Waals surface area contributed by atoms with Gasteiger partial charge >= 0.3 is 26.5 Å². The highest BCUT2D eigenvalue weighted by Gasteiger charge is 2.58. The Morgan fingerprint density at radius 1 is 0.897 bits per heavy atom. The van der Waals surface area contributed by atoms with E-state index in [0.717, 1.165) is 71.5 Å². The monoisotopic (exact) mass is 840 g/mol. The van der Waals surface area contributed by atoms with Crippen molar-refractivity contribution in [1.82, 2.24) is 0 Å². The van der Waals surface area contributed by atoms with Crippen LogP contribution < -0.4 is 0 Å². The van der Waals surface area contributed by atoms with E-state index in [-0.39, 0.29) is 18.1 Å². The Morgan fingerprint density at radius 2 is 1.60 bits per heavy atom. The molecule has 1 aliphatic heterocycles. The number of ether oxygens (including phenoxy) is 4. The number of esters is 3. The lowest BCUT2D eigenvalue weighted by Crippen LogP contribution is -2.63. The van der Waals surface area contributed by atoms with Gasteiger partial charge in [-0.25, -0.2) is 0 Å². The third-order valence-electron chi connectivity index (χ3n) is 14.5. The van der Waals surface area contributed by atoms with Crippen molar-refractivity contribution in [3.05, 3.63) is 42.0 Å². The molecule has 4 fully saturated rings. The Kier molecular flexibility index (Phi) is 15.0. The average Bonchev–Trinajstić information content (AvgIpc) is 3.60. The molecule has 3 saturated carbocycles. The number of thioether (sulfide) groups is 1. The van der Waals surface area contributed by atoms with E-state index in [4.69, 9.17) is 27.8 Å². The quantitative estimate of drug-likeness (QED) is 0.0733. The molecule has 9 nitrogen and oxygen atoms in total. The summed E-state index contributed by atoms with van der Waals surface area (Å²) >= 11 is 1.42. The highest BCUT2D eigenvalue weighted by Crippen LogP contribution is 2.64. The molecule has 14 atom stereocenters. The predicted octanol–water partition coefficient (Wildman–Crippen LogP) is 10.3. The second-order valence-electron chi connectivity index (χ2n) is 19.5. The molecule has 1 aromatic carbocycles. The summed E-state index contributed by atoms with van der Waals surface area (Å²) in [6.07, 6.45) is 11.2. The van der Waals surface area contributed by atoms with Crippen molar-refractivity contribution in [2.75, 3.05) is 6.61 Å². The molecule has 11 heteroatoms. The second-order valence-corrected chi connectivity index (χ2v) is 24.0. The molecular weight excluding hydrogens is 769 g/mol. The van der Waals surface area contributed by atoms with E-state index < -0.39 is 56.3 Å². The molecule has 1 saturated heterocycles. The third-order valence-corrected chi connectivity index (χ3v) is 17.4. The number of hydrogen-bond acceptors (Lipinski definition) is 10. The maximum atomic E-state index is 12.7. The highest BCUT2D eigenvalue weighted by atomic mass is 32.2. The molecule has 324 valence electrons. The van der Waals surface area contributed by atoms with Gasteiger partial charge in [-0.15, -0.1) is 0 Å². The summed E-state index contributed by atoms with van der Waals surface area (Å²) in [5, 5.41) is 0. The molecule has 4 aliphatic carbocycles. The molecule has 0 radical (unpaired) electrons. The molecule has 5 aliphatic rings. The molecule has 58 heavy (non-hydrogen) atoms. The first-order valence-corrected chi connectivity index (χ1v) is 26.1. The standard InChI is InChI=1S/C47H72O9SSi/c1-28(2)15-14-16-29(3)37-21-22-39-38-20-19-34-26-35(23-24-47(34,8)40(38)25-30(4)42(37)39)55-58(9,10)56-45-44(53-33(7)50)43(52-32(6)49)41(27-51-31(5)48)54-46(45)57-36-17-12-11-13-18-36/h11-13,17-19,28-30,35,37-46H,14-16,20-27H2,1-10H3/t29-,30-,35?,37-,38?,39?,40?,41?,42?,43-,44?,45+,46+,47+/m1/s1. The van der Waals surface area contributed by atoms with Crippen molar-refractivity contribution in [3.63, 3.8) is 0 Å². The van der Waals surface area contributed by atoms with E-state index in [2.05, 4.69) is 40.7 Å². The van der Waals surface area contributed by atoms with Crippen molar-refractivity contribution in [1.29, 1.82) is 0 Å². The average molecular weight is 841 g/mol. The maximum Gasteiger partial charge on any atom is 0.332 e. The number of fused-ring (bicyclic) bond motifs is 5. The first-order chi connectivity index (χ1) is 27.5. The number of carbonyl (C=O) groups excluding carboxylic acids is 3. The van der Waals surface area contributed by atoms with E-state index in [1.165, 1.54) is 77.5 Å². The van der Waals surface area contributed by atoms with Crippen LogP contribution in [0.15, 0.2) is 46.9 Å². The van der Waals surface area contributed by atoms with Crippen molar-refractivity contribution < 1.29 is 42.2 Å². The molecular formula is C47H72O9SSi. The van der Waals surface area contributed by atoms with Crippen molar-refractivity contribution >= 4 is 38.2 Å². The Balaban J connectivity index is 1.18. The lowest BCUT2D eigenvalue weighted by Gasteiger charge is -2.57. The minimum absolute atomic E-state index is 0.00625. The molecule has 0 amide bonds. The first kappa shape index (κ1) is 45.3. The van der Waals surface area contributed by atoms with Gasteiger partial charge in [0.15, 0.2) is 12.2 Å². The number of rotatable bonds is 15. The van der Waals surface area contributed by atoms with Gasteiger partial charge in [-0.05, 0) is 123 Å². The van der Waals surface area contributed by atoms with Gasteiger partial charge in [0, 0.05) is 25.7 Å². The predicted molar refractivity (Wildman–Crippen MR) is 229 cm³/mol. The Bertz CT molecular complexity index is 1600. The van der Waals surface area contributed by atoms with Crippen molar-refractivity contribution in [3.8, 4) is 0 Å². The summed E-state index contributed by atoms with van der Waals surface area (Å²) in [4.78, 5) is 37.9. The summed E-state index contributed by atoms with van der Waals surface area (Å²) in [5.74, 6) is 4.88. The van der Waals surface area contributed by atoms with E-state index in [9.17, 15) is 14.4 Å². The summed E-state index contributed by atoms with van der Waals surface area (Å²) in [7, 11) is -2.97. The van der Waals surface area contributed by atoms with Crippen LogP contribution in [0.25, 0.3) is 0 Å². The van der Waals surface area contributed by atoms with Gasteiger partial charge in [-0.2, -0.15) is 0 Å². The van der Waals surface area contributed by atoms with E-state index in [1.54, 1.807) is 5.57 Å². The molecule has 1 heterocycles. The largest absolute Gasteiger partial charge is 0.463 e. The van der Waals surface area contributed by atoms with Gasteiger partial charge in [-0.1, -0.05) is 95.5 Å². The molecule has 7 unspecified atom stereocenters. The number of allylic oxidation sites excluding steroid dienone is 1. The van der Waals surface area contributed by atoms with Crippen LogP contribution in [0.3, 0.4) is 0 Å². The molecule has 6 rings (SSSR count). The van der Waals surface area contributed by atoms with Gasteiger partial charge < -0.3 is 27.8 Å². The smallest absolute Gasteiger partial charge is 0.332 e. The van der Waals surface area contributed by atoms with Crippen molar-refractivity contribution in [2.24, 2.45) is 52.8 Å². The fourth-order valence-electron chi connectivity index (χ4n) is 12.1. The van der Waals surface area contributed by atoms with Crippen LogP contribution in [0.4, 0.5) is 0 Å². The van der Waals surface area contributed by atoms with Crippen LogP contribution in [0.5, 0.6) is 0 Å². The van der Waals surface area contributed by atoms with Gasteiger partial charge in [0.05, 0.1) is 6.10 Å². The Labute approximate surface area is 354 Å². The van der Waals surface area contributed by atoms with Crippen molar-refractivity contribution in [2.45, 2.75) is 174 Å². The van der Waals surface area contributed by atoms with Gasteiger partial charge in [-0.3, -0.25) is 14.4 Å². The molecule has 0 aromatic heterocycles. The van der Waals surface area contributed by atoms with E-state index in [1.807, 2.05) is 43.4 Å². The Hall–Kier alpha value is -2.18. The number of hydrogen-bond donors (Lipinski definition) is 0. The van der Waals surface area contributed by atoms with Crippen LogP contribution in [0.2, 0.25) is 13.1 Å². The molecule has 0 N–H and O–H groups in total. The minimum Gasteiger partial charge on any atom is -0.463 e. The van der Waals surface area contributed by atoms with Gasteiger partial charge in [0.25, 0.3) is 0 Å². The topological polar surface area (TPSA) is 107 Å². The summed E-state index contributed by atoms with van der Waals surface area (Å²) < 4.78 is 37.7. The fourth-order valence-corrected chi connectivity index (χ4v) is 15.3. The lowest BCUT2D eigenvalue weighted by atomic mass is 9.48. The normalized spacial score (nSPS) is 36.5. The van der Waals surface area contributed by atoms with E-state index >= 15 is 0 Å². The summed E-state index contributed by atoms with van der Waals surface area (Å²) in [6.45, 7) is 20.2. The zero-order valence-corrected chi connectivity index (χ0v) is 38.7. The SMILES string of the molecule is CC(=O)OCC1O[C@@H](Sc2ccccc2)[C@@H](O[Si](C)(C)OC2CC[C@@]3(C)C(=CCC4C5CC[C@H]([C@H](C)CCCC(C)C)C5[C@H](C)CC43)C2)C(OC(C)=O)[C@@H]1OC(C)=O. The maximum absolute atomic E-state index is 12.7. The zero-order chi connectivity index (χ0) is 41.9. The van der Waals surface area contributed by atoms with E-state index in [0.29, 0.717) is 0 Å². The number of benzene rings is 1. The van der Waals surface area contributed by atoms with Crippen LogP contribution in [-0.2, 0) is 42.2 Å². The number of carbonyl (C=O) groups is 3. The van der Waals surface area contributed by atoms with Gasteiger partial charge in [0.2, 0.25) is 0 Å². The van der Waals surface area contributed by atoms with Crippen LogP contribution in [0.1, 0.15) is 120 Å². The molecule has 0 spiro atoms. The minimum atomic E-state index is -2.97. The van der Waals surface area contributed by atoms with Crippen LogP contribution in [-0.4, -0.2) is 69.0 Å². The summed E-state index contributed by atoms with van der Waals surface area (Å²) in [5.41, 5.74) is 1.06. The highest BCUT2D eigenvalue weighted by molar-refractivity contribution is 7.99. The lowest BCUT2D eigenvalue weighted by molar-refractivity contribution is -0.230. The van der Waals surface area contributed by atoms with Crippen LogP contribution >= 0.6 is 11.8 Å². The molecule has 1 aromatic rings. The zero-order valence-electron chi connectivity index (χ0n) is 36.9. The second kappa shape index (κ2) is 19.2. The molecule has 0 bridgehead atoms. The Morgan fingerprint density at radius 3 is 2.28 bits per heavy atom. The summed E-state index contributed by atoms with van der Waals surface area (Å²) in [6, 6.07) is 9.77. The third kappa shape index (κ3) is 10.6. The first-order valence-electron chi connectivity index (χ1n) is 22.4. The fraction of sp³-hybridized carbons (Fsp3) is 0.766. The van der Waals surface area contributed by atoms with Gasteiger partial charge in [0.1, 0.15) is 24.3 Å².